The number of hydrogen-bond acceptors (Lipinski definition) is 8. The maximum absolute atomic E-state index is 8.58. The van der Waals surface area contributed by atoms with Gasteiger partial charge >= 0.3 is 44.8 Å². The van der Waals surface area contributed by atoms with Gasteiger partial charge in [0.25, 0.3) is 0 Å². The maximum atomic E-state index is 8.58. The van der Waals surface area contributed by atoms with Crippen LogP contribution >= 0.6 is 0 Å². The predicted octanol–water partition coefficient (Wildman–Crippen LogP) is -6.86. The summed E-state index contributed by atoms with van der Waals surface area (Å²) in [4.78, 5) is 34.3. The minimum Gasteiger partial charge on any atom is -0.894 e. The molecule has 0 N–H and O–H groups in total. The number of rotatable bonds is 0. The first kappa shape index (κ1) is 23.3. The van der Waals surface area contributed by atoms with Gasteiger partial charge in [-0.1, -0.05) is 0 Å². The van der Waals surface area contributed by atoms with E-state index in [0.717, 1.165) is 0 Å². The van der Waals surface area contributed by atoms with Crippen LogP contribution in [0, 0.1) is 0 Å². The Balaban J connectivity index is -0.0000000457. The van der Waals surface area contributed by atoms with Crippen molar-refractivity contribution in [3.63, 3.8) is 0 Å². The van der Waals surface area contributed by atoms with Crippen molar-refractivity contribution in [1.82, 2.24) is 0 Å². The average Bonchev–Trinajstić information content (AvgIpc) is 1.12. The summed E-state index contributed by atoms with van der Waals surface area (Å²) < 4.78 is 34.1. The van der Waals surface area contributed by atoms with Crippen LogP contribution in [0.5, 0.6) is 0 Å². The van der Waals surface area contributed by atoms with Gasteiger partial charge in [0.1, 0.15) is 0 Å². The molecular weight excluding hydrogens is 260 g/mol. The molecule has 0 saturated heterocycles. The molecule has 0 amide bonds. The van der Waals surface area contributed by atoms with Crippen LogP contribution in [0.25, 0.3) is 0 Å². The molecule has 0 bridgehead atoms. The Morgan fingerprint density at radius 1 is 0.917 bits per heavy atom. The first-order valence-corrected chi connectivity index (χ1v) is 4.45. The van der Waals surface area contributed by atoms with E-state index in [1.54, 1.807) is 0 Å². The van der Waals surface area contributed by atoms with Crippen molar-refractivity contribution in [3.8, 4) is 0 Å². The summed E-state index contributed by atoms with van der Waals surface area (Å²) in [5.41, 5.74) is 0. The van der Waals surface area contributed by atoms with Gasteiger partial charge in [-0.2, -0.15) is 0 Å². The summed E-state index contributed by atoms with van der Waals surface area (Å²) in [7, 11) is -10.8. The van der Waals surface area contributed by atoms with E-state index < -0.39 is 19.4 Å². The molecule has 0 spiro atoms. The van der Waals surface area contributed by atoms with E-state index in [2.05, 4.69) is 0 Å². The van der Waals surface area contributed by atoms with Crippen LogP contribution in [0.15, 0.2) is 0 Å². The molecular formula is MgO8SSiTi. The van der Waals surface area contributed by atoms with Gasteiger partial charge in [0, 0.05) is 10.4 Å². The first-order valence-electron chi connectivity index (χ1n) is 1.48. The summed E-state index contributed by atoms with van der Waals surface area (Å²) in [5, 5.41) is 0. The van der Waals surface area contributed by atoms with Crippen LogP contribution < -0.4 is 19.2 Å². The molecule has 0 aromatic rings. The molecule has 0 heterocycles. The summed E-state index contributed by atoms with van der Waals surface area (Å²) in [6.07, 6.45) is 0. The fraction of sp³-hybridized carbons (Fsp3) is 0. The summed E-state index contributed by atoms with van der Waals surface area (Å²) in [6.45, 7) is 0. The molecule has 0 aliphatic heterocycles. The van der Waals surface area contributed by atoms with Crippen molar-refractivity contribution < 1.29 is 58.4 Å². The Kier molecular flexibility index (Phi) is 17.5. The molecule has 64 valence electrons. The average molecular weight is 260 g/mol. The van der Waals surface area contributed by atoms with E-state index in [4.69, 9.17) is 36.7 Å². The molecule has 0 radical (unpaired) electrons. The van der Waals surface area contributed by atoms with E-state index >= 15 is 0 Å². The van der Waals surface area contributed by atoms with Gasteiger partial charge in [0.05, 0.1) is 0 Å². The van der Waals surface area contributed by atoms with Crippen LogP contribution in [-0.2, 0) is 32.1 Å². The molecule has 12 heteroatoms. The molecule has 0 rings (SSSR count). The molecule has 0 fully saturated rings. The summed E-state index contributed by atoms with van der Waals surface area (Å²) in [5.74, 6) is 0. The minimum atomic E-state index is -5.61. The molecule has 0 saturated carbocycles. The Morgan fingerprint density at radius 2 is 0.917 bits per heavy atom. The Hall–Kier alpha value is 1.41. The fourth-order valence-electron chi connectivity index (χ4n) is 0. The zero-order chi connectivity index (χ0) is 9.00. The van der Waals surface area contributed by atoms with Crippen molar-refractivity contribution in [3.05, 3.63) is 0 Å². The standard InChI is InChI=1S/Mg.H2O4S.O4Si.Ti/c;2*1-5(2,3)4;/h;(H2,1,2,3,4);;/q+2;;-4;+4/p-2. The SMILES string of the molecule is O=S(=O)([O-])[O-].[Mg+2].[O-][Si]([O-])([O-])[O-].[Ti+4]. The quantitative estimate of drug-likeness (QED) is 0.234. The van der Waals surface area contributed by atoms with Crippen LogP contribution in [0.1, 0.15) is 0 Å². The van der Waals surface area contributed by atoms with E-state index in [9.17, 15) is 0 Å². The fourth-order valence-corrected chi connectivity index (χ4v) is 0. The molecule has 0 aromatic heterocycles. The summed E-state index contributed by atoms with van der Waals surface area (Å²) in [6, 6.07) is 0. The van der Waals surface area contributed by atoms with Crippen LogP contribution in [0.4, 0.5) is 0 Å². The summed E-state index contributed by atoms with van der Waals surface area (Å²) >= 11 is 0. The third-order valence-electron chi connectivity index (χ3n) is 0. The molecule has 0 aliphatic rings. The van der Waals surface area contributed by atoms with Crippen LogP contribution in [0.2, 0.25) is 0 Å². The van der Waals surface area contributed by atoms with Gasteiger partial charge in [0.2, 0.25) is 0 Å². The van der Waals surface area contributed by atoms with E-state index in [1.807, 2.05) is 0 Å². The van der Waals surface area contributed by atoms with E-state index in [0.29, 0.717) is 0 Å². The Labute approximate surface area is 100 Å². The third kappa shape index (κ3) is 624. The normalized spacial score (nSPS) is 9.83. The zero-order valence-corrected chi connectivity index (χ0v) is 10.2. The second kappa shape index (κ2) is 8.98. The second-order valence-corrected chi connectivity index (χ2v) is 2.72. The molecule has 0 unspecified atom stereocenters. The van der Waals surface area contributed by atoms with Gasteiger partial charge in [-0.3, -0.25) is 8.42 Å². The third-order valence-corrected chi connectivity index (χ3v) is 0. The van der Waals surface area contributed by atoms with Crippen molar-refractivity contribution in [2.45, 2.75) is 0 Å². The van der Waals surface area contributed by atoms with Crippen LogP contribution in [-0.4, -0.2) is 49.6 Å². The monoisotopic (exact) mass is 260 g/mol. The topological polar surface area (TPSA) is 172 Å². The maximum Gasteiger partial charge on any atom is 4.00 e. The van der Waals surface area contributed by atoms with E-state index in [1.165, 1.54) is 0 Å². The Bertz CT molecular complexity index is 154. The molecule has 12 heavy (non-hydrogen) atoms. The van der Waals surface area contributed by atoms with Crippen molar-refractivity contribution >= 4 is 42.5 Å². The van der Waals surface area contributed by atoms with Crippen LogP contribution in [0.3, 0.4) is 0 Å². The molecule has 0 aliphatic carbocycles. The smallest absolute Gasteiger partial charge is 0.894 e. The molecule has 8 nitrogen and oxygen atoms in total. The Morgan fingerprint density at radius 3 is 0.917 bits per heavy atom. The van der Waals surface area contributed by atoms with Crippen molar-refractivity contribution in [2.75, 3.05) is 0 Å². The molecule has 0 atom stereocenters. The minimum absolute atomic E-state index is 0. The molecule has 0 aromatic carbocycles. The van der Waals surface area contributed by atoms with Crippen molar-refractivity contribution in [1.29, 1.82) is 0 Å². The van der Waals surface area contributed by atoms with Gasteiger partial charge in [-0.25, -0.2) is 0 Å². The predicted molar refractivity (Wildman–Crippen MR) is 22.0 cm³/mol. The van der Waals surface area contributed by atoms with Gasteiger partial charge in [-0.05, 0) is 0 Å². The van der Waals surface area contributed by atoms with E-state index in [-0.39, 0.29) is 44.8 Å². The number of hydrogen-bond donors (Lipinski definition) is 0. The van der Waals surface area contributed by atoms with Gasteiger partial charge < -0.3 is 37.3 Å². The van der Waals surface area contributed by atoms with Crippen molar-refractivity contribution in [2.24, 2.45) is 0 Å². The first-order chi connectivity index (χ1) is 4.00. The second-order valence-electron chi connectivity index (χ2n) is 0.908. The van der Waals surface area contributed by atoms with Gasteiger partial charge in [0.15, 0.2) is 0 Å². The van der Waals surface area contributed by atoms with Gasteiger partial charge in [-0.15, -0.1) is 0 Å². The zero-order valence-electron chi connectivity index (χ0n) is 5.38. The largest absolute Gasteiger partial charge is 4.00 e.